The van der Waals surface area contributed by atoms with Crippen LogP contribution >= 0.6 is 0 Å². The second-order valence-electron chi connectivity index (χ2n) is 5.35. The molecular formula is C17H21N3O. The molecule has 4 heteroatoms. The van der Waals surface area contributed by atoms with Crippen molar-refractivity contribution in [2.45, 2.75) is 39.3 Å². The Hall–Kier alpha value is -2.23. The maximum absolute atomic E-state index is 12.4. The summed E-state index contributed by atoms with van der Waals surface area (Å²) in [6.45, 7) is 4.75. The number of amides is 1. The van der Waals surface area contributed by atoms with Crippen molar-refractivity contribution in [3.63, 3.8) is 0 Å². The van der Waals surface area contributed by atoms with Gasteiger partial charge in [0.1, 0.15) is 6.33 Å². The van der Waals surface area contributed by atoms with Gasteiger partial charge < -0.3 is 4.90 Å². The van der Waals surface area contributed by atoms with Crippen molar-refractivity contribution in [2.75, 3.05) is 0 Å². The van der Waals surface area contributed by atoms with Crippen LogP contribution in [0.15, 0.2) is 49.1 Å². The summed E-state index contributed by atoms with van der Waals surface area (Å²) < 4.78 is 0. The van der Waals surface area contributed by atoms with Gasteiger partial charge in [-0.1, -0.05) is 30.3 Å². The third kappa shape index (κ3) is 4.67. The molecule has 1 amide bonds. The Kier molecular flexibility index (Phi) is 5.43. The Balaban J connectivity index is 1.96. The fraction of sp³-hybridized carbons (Fsp3) is 0.353. The van der Waals surface area contributed by atoms with Crippen molar-refractivity contribution in [2.24, 2.45) is 0 Å². The Morgan fingerprint density at radius 1 is 1.10 bits per heavy atom. The number of aryl methyl sites for hydroxylation is 1. The van der Waals surface area contributed by atoms with Crippen LogP contribution in [0.5, 0.6) is 0 Å². The minimum absolute atomic E-state index is 0.165. The van der Waals surface area contributed by atoms with Crippen LogP contribution in [-0.2, 0) is 17.8 Å². The SMILES string of the molecule is CC(C)N(Cc1ccccc1)C(=O)CCc1cncnc1. The fourth-order valence-electron chi connectivity index (χ4n) is 2.19. The van der Waals surface area contributed by atoms with Gasteiger partial charge >= 0.3 is 0 Å². The lowest BCUT2D eigenvalue weighted by molar-refractivity contribution is -0.133. The van der Waals surface area contributed by atoms with Gasteiger partial charge in [-0.25, -0.2) is 9.97 Å². The maximum Gasteiger partial charge on any atom is 0.223 e. The number of carbonyl (C=O) groups is 1. The number of nitrogens with zero attached hydrogens (tertiary/aromatic N) is 3. The summed E-state index contributed by atoms with van der Waals surface area (Å²) in [6.07, 6.45) is 6.19. The molecule has 0 saturated heterocycles. The smallest absolute Gasteiger partial charge is 0.223 e. The minimum atomic E-state index is 0.165. The van der Waals surface area contributed by atoms with Crippen LogP contribution in [0, 0.1) is 0 Å². The van der Waals surface area contributed by atoms with Crippen molar-refractivity contribution in [3.8, 4) is 0 Å². The van der Waals surface area contributed by atoms with Gasteiger partial charge in [0.25, 0.3) is 0 Å². The van der Waals surface area contributed by atoms with Crippen LogP contribution < -0.4 is 0 Å². The molecule has 0 spiro atoms. The van der Waals surface area contributed by atoms with Crippen molar-refractivity contribution in [1.29, 1.82) is 0 Å². The molecule has 110 valence electrons. The van der Waals surface area contributed by atoms with Crippen LogP contribution in [0.25, 0.3) is 0 Å². The predicted molar refractivity (Wildman–Crippen MR) is 82.5 cm³/mol. The van der Waals surface area contributed by atoms with Crippen LogP contribution in [0.3, 0.4) is 0 Å². The Morgan fingerprint density at radius 3 is 2.38 bits per heavy atom. The fourth-order valence-corrected chi connectivity index (χ4v) is 2.19. The van der Waals surface area contributed by atoms with Crippen LogP contribution in [-0.4, -0.2) is 26.8 Å². The lowest BCUT2D eigenvalue weighted by Crippen LogP contribution is -2.36. The first kappa shape index (κ1) is 15.2. The number of hydrogen-bond donors (Lipinski definition) is 0. The van der Waals surface area contributed by atoms with Gasteiger partial charge in [-0.3, -0.25) is 4.79 Å². The summed E-state index contributed by atoms with van der Waals surface area (Å²) in [5, 5.41) is 0. The highest BCUT2D eigenvalue weighted by Gasteiger charge is 2.17. The third-order valence-corrected chi connectivity index (χ3v) is 3.38. The number of aromatic nitrogens is 2. The molecule has 0 bridgehead atoms. The Morgan fingerprint density at radius 2 is 1.76 bits per heavy atom. The van der Waals surface area contributed by atoms with E-state index in [1.807, 2.05) is 49.1 Å². The summed E-state index contributed by atoms with van der Waals surface area (Å²) >= 11 is 0. The highest BCUT2D eigenvalue weighted by molar-refractivity contribution is 5.76. The Bertz CT molecular complexity index is 555. The predicted octanol–water partition coefficient (Wildman–Crippen LogP) is 2.85. The van der Waals surface area contributed by atoms with Crippen LogP contribution in [0.4, 0.5) is 0 Å². The zero-order valence-electron chi connectivity index (χ0n) is 12.6. The molecule has 1 aromatic carbocycles. The standard InChI is InChI=1S/C17H21N3O/c1-14(2)20(12-15-6-4-3-5-7-15)17(21)9-8-16-10-18-13-19-11-16/h3-7,10-11,13-14H,8-9,12H2,1-2H3. The number of rotatable bonds is 6. The summed E-state index contributed by atoms with van der Waals surface area (Å²) in [6, 6.07) is 10.3. The van der Waals surface area contributed by atoms with E-state index in [1.54, 1.807) is 12.4 Å². The van der Waals surface area contributed by atoms with E-state index in [2.05, 4.69) is 9.97 Å². The zero-order chi connectivity index (χ0) is 15.1. The van der Waals surface area contributed by atoms with Crippen molar-refractivity contribution < 1.29 is 4.79 Å². The van der Waals surface area contributed by atoms with E-state index in [9.17, 15) is 4.79 Å². The molecule has 1 heterocycles. The minimum Gasteiger partial charge on any atom is -0.336 e. The van der Waals surface area contributed by atoms with Gasteiger partial charge in [0.05, 0.1) is 0 Å². The average molecular weight is 283 g/mol. The van der Waals surface area contributed by atoms with Crippen molar-refractivity contribution in [1.82, 2.24) is 14.9 Å². The van der Waals surface area contributed by atoms with Gasteiger partial charge in [0.15, 0.2) is 0 Å². The zero-order valence-corrected chi connectivity index (χ0v) is 12.6. The molecule has 0 fully saturated rings. The lowest BCUT2D eigenvalue weighted by Gasteiger charge is -2.27. The summed E-state index contributed by atoms with van der Waals surface area (Å²) in [4.78, 5) is 22.3. The first-order chi connectivity index (χ1) is 10.2. The molecular weight excluding hydrogens is 262 g/mol. The van der Waals surface area contributed by atoms with E-state index in [0.29, 0.717) is 19.4 Å². The number of hydrogen-bond acceptors (Lipinski definition) is 3. The molecule has 0 unspecified atom stereocenters. The summed E-state index contributed by atoms with van der Waals surface area (Å²) in [5.74, 6) is 0.165. The second kappa shape index (κ2) is 7.53. The molecule has 0 saturated carbocycles. The molecule has 0 aliphatic rings. The van der Waals surface area contributed by atoms with Crippen molar-refractivity contribution in [3.05, 3.63) is 60.2 Å². The van der Waals surface area contributed by atoms with E-state index in [4.69, 9.17) is 0 Å². The van der Waals surface area contributed by atoms with Crippen LogP contribution in [0.2, 0.25) is 0 Å². The molecule has 2 aromatic rings. The van der Waals surface area contributed by atoms with Crippen molar-refractivity contribution >= 4 is 5.91 Å². The maximum atomic E-state index is 12.4. The molecule has 0 aliphatic heterocycles. The molecule has 1 aromatic heterocycles. The quantitative estimate of drug-likeness (QED) is 0.819. The van der Waals surface area contributed by atoms with Gasteiger partial charge in [-0.05, 0) is 31.4 Å². The summed E-state index contributed by atoms with van der Waals surface area (Å²) in [7, 11) is 0. The Labute approximate surface area is 125 Å². The molecule has 0 aliphatic carbocycles. The molecule has 21 heavy (non-hydrogen) atoms. The molecule has 0 N–H and O–H groups in total. The average Bonchev–Trinajstić information content (AvgIpc) is 2.52. The van der Waals surface area contributed by atoms with Crippen LogP contribution in [0.1, 0.15) is 31.4 Å². The van der Waals surface area contributed by atoms with E-state index >= 15 is 0 Å². The highest BCUT2D eigenvalue weighted by Crippen LogP contribution is 2.11. The van der Waals surface area contributed by atoms with E-state index in [1.165, 1.54) is 6.33 Å². The molecule has 0 radical (unpaired) electrons. The molecule has 4 nitrogen and oxygen atoms in total. The second-order valence-corrected chi connectivity index (χ2v) is 5.35. The molecule has 0 atom stereocenters. The van der Waals surface area contributed by atoms with E-state index < -0.39 is 0 Å². The number of carbonyl (C=O) groups excluding carboxylic acids is 1. The van der Waals surface area contributed by atoms with Gasteiger partial charge in [-0.15, -0.1) is 0 Å². The highest BCUT2D eigenvalue weighted by atomic mass is 16.2. The number of benzene rings is 1. The van der Waals surface area contributed by atoms with E-state index in [0.717, 1.165) is 11.1 Å². The van der Waals surface area contributed by atoms with Gasteiger partial charge in [0.2, 0.25) is 5.91 Å². The van der Waals surface area contributed by atoms with Gasteiger partial charge in [0, 0.05) is 31.4 Å². The van der Waals surface area contributed by atoms with Gasteiger partial charge in [-0.2, -0.15) is 0 Å². The summed E-state index contributed by atoms with van der Waals surface area (Å²) in [5.41, 5.74) is 2.15. The lowest BCUT2D eigenvalue weighted by atomic mass is 10.1. The van der Waals surface area contributed by atoms with E-state index in [-0.39, 0.29) is 11.9 Å². The molecule has 2 rings (SSSR count). The monoisotopic (exact) mass is 283 g/mol. The topological polar surface area (TPSA) is 46.1 Å². The first-order valence-corrected chi connectivity index (χ1v) is 7.24. The normalized spacial score (nSPS) is 10.6. The largest absolute Gasteiger partial charge is 0.336 e. The third-order valence-electron chi connectivity index (χ3n) is 3.38. The first-order valence-electron chi connectivity index (χ1n) is 7.24.